The Labute approximate surface area is 159 Å². The molecule has 2 aromatic rings. The lowest BCUT2D eigenvalue weighted by Crippen LogP contribution is -2.52. The molecule has 1 spiro atoms. The van der Waals surface area contributed by atoms with Gasteiger partial charge < -0.3 is 15.4 Å². The van der Waals surface area contributed by atoms with Crippen molar-refractivity contribution in [2.45, 2.75) is 37.9 Å². The molecule has 1 aromatic carbocycles. The predicted molar refractivity (Wildman–Crippen MR) is 102 cm³/mol. The molecule has 2 N–H and O–H groups in total. The average molecular weight is 367 g/mol. The molecule has 4 rings (SSSR count). The van der Waals surface area contributed by atoms with Gasteiger partial charge in [0.2, 0.25) is 5.91 Å². The number of carbonyl (C=O) groups is 1. The van der Waals surface area contributed by atoms with Gasteiger partial charge in [0.25, 0.3) is 0 Å². The molecule has 1 amide bonds. The molecular formula is C20H25N5O2. The normalized spacial score (nSPS) is 19.4. The predicted octanol–water partition coefficient (Wildman–Crippen LogP) is 1.95. The molecule has 27 heavy (non-hydrogen) atoms. The fourth-order valence-corrected chi connectivity index (χ4v) is 3.92. The van der Waals surface area contributed by atoms with Gasteiger partial charge in [0.05, 0.1) is 7.11 Å². The summed E-state index contributed by atoms with van der Waals surface area (Å²) in [5.74, 6) is 0.119. The van der Waals surface area contributed by atoms with Crippen LogP contribution in [-0.4, -0.2) is 46.5 Å². The highest BCUT2D eigenvalue weighted by molar-refractivity contribution is 5.79. The standard InChI is InChI=1S/C20H25N5O2/c1-27-19-22-11-15(12-23-19)14-25-8-6-20(7-9-25)10-18(26)21-13-16-4-2-3-5-17(16)24-20/h2-5,11-12,24H,6-10,13-14H2,1H3,(H,21,26). The van der Waals surface area contributed by atoms with Crippen molar-refractivity contribution in [3.05, 3.63) is 47.8 Å². The Morgan fingerprint density at radius 1 is 1.19 bits per heavy atom. The zero-order chi connectivity index (χ0) is 18.7. The molecule has 7 nitrogen and oxygen atoms in total. The maximum atomic E-state index is 12.4. The van der Waals surface area contributed by atoms with Crippen LogP contribution in [0, 0.1) is 0 Å². The summed E-state index contributed by atoms with van der Waals surface area (Å²) >= 11 is 0. The van der Waals surface area contributed by atoms with E-state index >= 15 is 0 Å². The molecule has 0 saturated carbocycles. The third-order valence-electron chi connectivity index (χ3n) is 5.48. The summed E-state index contributed by atoms with van der Waals surface area (Å²) in [6, 6.07) is 8.62. The fourth-order valence-electron chi connectivity index (χ4n) is 3.92. The maximum Gasteiger partial charge on any atom is 0.316 e. The van der Waals surface area contributed by atoms with E-state index in [0.717, 1.165) is 49.3 Å². The number of hydrogen-bond donors (Lipinski definition) is 2. The Kier molecular flexibility index (Phi) is 4.94. The number of rotatable bonds is 3. The Bertz CT molecular complexity index is 800. The molecule has 1 aromatic heterocycles. The van der Waals surface area contributed by atoms with Crippen LogP contribution >= 0.6 is 0 Å². The number of carbonyl (C=O) groups excluding carboxylic acids is 1. The molecule has 2 aliphatic rings. The molecule has 2 aliphatic heterocycles. The SMILES string of the molecule is COc1ncc(CN2CCC3(CC2)CC(=O)NCc2ccccc2N3)cn1. The van der Waals surface area contributed by atoms with Crippen LogP contribution in [0.2, 0.25) is 0 Å². The molecule has 7 heteroatoms. The van der Waals surface area contributed by atoms with Crippen molar-refractivity contribution in [2.75, 3.05) is 25.5 Å². The van der Waals surface area contributed by atoms with Gasteiger partial charge in [0.1, 0.15) is 0 Å². The van der Waals surface area contributed by atoms with E-state index in [9.17, 15) is 4.79 Å². The van der Waals surface area contributed by atoms with Gasteiger partial charge >= 0.3 is 6.01 Å². The highest BCUT2D eigenvalue weighted by atomic mass is 16.5. The van der Waals surface area contributed by atoms with E-state index in [0.29, 0.717) is 19.0 Å². The summed E-state index contributed by atoms with van der Waals surface area (Å²) in [6.45, 7) is 3.24. The zero-order valence-corrected chi connectivity index (χ0v) is 15.6. The van der Waals surface area contributed by atoms with Gasteiger partial charge in [0.15, 0.2) is 0 Å². The van der Waals surface area contributed by atoms with Crippen LogP contribution in [0.15, 0.2) is 36.7 Å². The third kappa shape index (κ3) is 4.03. The molecule has 3 heterocycles. The topological polar surface area (TPSA) is 79.4 Å². The van der Waals surface area contributed by atoms with Crippen molar-refractivity contribution < 1.29 is 9.53 Å². The molecular weight excluding hydrogens is 342 g/mol. The third-order valence-corrected chi connectivity index (χ3v) is 5.48. The molecule has 0 unspecified atom stereocenters. The zero-order valence-electron chi connectivity index (χ0n) is 15.6. The second-order valence-electron chi connectivity index (χ2n) is 7.37. The van der Waals surface area contributed by atoms with E-state index in [1.54, 1.807) is 7.11 Å². The Balaban J connectivity index is 1.44. The first-order valence-corrected chi connectivity index (χ1v) is 9.36. The van der Waals surface area contributed by atoms with Crippen molar-refractivity contribution >= 4 is 11.6 Å². The van der Waals surface area contributed by atoms with Crippen molar-refractivity contribution in [1.82, 2.24) is 20.2 Å². The Morgan fingerprint density at radius 3 is 2.67 bits per heavy atom. The second kappa shape index (κ2) is 7.52. The number of hydrogen-bond acceptors (Lipinski definition) is 6. The van der Waals surface area contributed by atoms with Crippen molar-refractivity contribution in [3.8, 4) is 6.01 Å². The van der Waals surface area contributed by atoms with Crippen LogP contribution in [0.5, 0.6) is 6.01 Å². The summed E-state index contributed by atoms with van der Waals surface area (Å²) < 4.78 is 5.01. The number of nitrogens with one attached hydrogen (secondary N) is 2. The number of benzene rings is 1. The van der Waals surface area contributed by atoms with Gasteiger partial charge in [-0.3, -0.25) is 9.69 Å². The van der Waals surface area contributed by atoms with Crippen molar-refractivity contribution in [3.63, 3.8) is 0 Å². The van der Waals surface area contributed by atoms with Gasteiger partial charge in [-0.15, -0.1) is 0 Å². The van der Waals surface area contributed by atoms with Crippen LogP contribution < -0.4 is 15.4 Å². The molecule has 0 aliphatic carbocycles. The van der Waals surface area contributed by atoms with E-state index in [-0.39, 0.29) is 11.4 Å². The van der Waals surface area contributed by atoms with Crippen LogP contribution in [0.25, 0.3) is 0 Å². The number of aromatic nitrogens is 2. The lowest BCUT2D eigenvalue weighted by molar-refractivity contribution is -0.122. The molecule has 1 fully saturated rings. The number of fused-ring (bicyclic) bond motifs is 1. The lowest BCUT2D eigenvalue weighted by Gasteiger charge is -2.44. The van der Waals surface area contributed by atoms with E-state index in [4.69, 9.17) is 4.74 Å². The van der Waals surface area contributed by atoms with E-state index in [2.05, 4.69) is 37.6 Å². The smallest absolute Gasteiger partial charge is 0.316 e. The lowest BCUT2D eigenvalue weighted by atomic mass is 9.82. The summed E-state index contributed by atoms with van der Waals surface area (Å²) in [6.07, 6.45) is 5.99. The first-order chi connectivity index (χ1) is 13.2. The van der Waals surface area contributed by atoms with E-state index in [1.807, 2.05) is 24.5 Å². The minimum Gasteiger partial charge on any atom is -0.467 e. The van der Waals surface area contributed by atoms with Crippen LogP contribution in [0.1, 0.15) is 30.4 Å². The minimum atomic E-state index is -0.187. The largest absolute Gasteiger partial charge is 0.467 e. The number of piperidine rings is 1. The highest BCUT2D eigenvalue weighted by Gasteiger charge is 2.37. The van der Waals surface area contributed by atoms with E-state index < -0.39 is 0 Å². The number of likely N-dealkylation sites (tertiary alicyclic amines) is 1. The van der Waals surface area contributed by atoms with Gasteiger partial charge in [-0.25, -0.2) is 9.97 Å². The van der Waals surface area contributed by atoms with Crippen LogP contribution in [0.3, 0.4) is 0 Å². The molecule has 0 atom stereocenters. The molecule has 0 bridgehead atoms. The van der Waals surface area contributed by atoms with Crippen molar-refractivity contribution in [2.24, 2.45) is 0 Å². The number of para-hydroxylation sites is 1. The Hall–Kier alpha value is -2.67. The molecule has 0 radical (unpaired) electrons. The van der Waals surface area contributed by atoms with Gasteiger partial charge in [-0.2, -0.15) is 0 Å². The average Bonchev–Trinajstić information content (AvgIpc) is 2.69. The molecule has 142 valence electrons. The maximum absolute atomic E-state index is 12.4. The quantitative estimate of drug-likeness (QED) is 0.863. The minimum absolute atomic E-state index is 0.119. The van der Waals surface area contributed by atoms with Gasteiger partial charge in [0, 0.05) is 61.8 Å². The number of amides is 1. The number of nitrogens with zero attached hydrogens (tertiary/aromatic N) is 3. The van der Waals surface area contributed by atoms with Gasteiger partial charge in [-0.05, 0) is 24.5 Å². The second-order valence-corrected chi connectivity index (χ2v) is 7.37. The first-order valence-electron chi connectivity index (χ1n) is 9.36. The fraction of sp³-hybridized carbons (Fsp3) is 0.450. The highest BCUT2D eigenvalue weighted by Crippen LogP contribution is 2.33. The number of methoxy groups -OCH3 is 1. The van der Waals surface area contributed by atoms with Crippen molar-refractivity contribution in [1.29, 1.82) is 0 Å². The van der Waals surface area contributed by atoms with Crippen LogP contribution in [0.4, 0.5) is 5.69 Å². The van der Waals surface area contributed by atoms with Crippen LogP contribution in [-0.2, 0) is 17.9 Å². The number of ether oxygens (including phenoxy) is 1. The summed E-state index contributed by atoms with van der Waals surface area (Å²) in [4.78, 5) is 23.1. The summed E-state index contributed by atoms with van der Waals surface area (Å²) in [5.41, 5.74) is 3.16. The summed E-state index contributed by atoms with van der Waals surface area (Å²) in [5, 5.41) is 6.77. The van der Waals surface area contributed by atoms with E-state index in [1.165, 1.54) is 0 Å². The Morgan fingerprint density at radius 2 is 1.93 bits per heavy atom. The first kappa shape index (κ1) is 17.7. The molecule has 1 saturated heterocycles. The summed E-state index contributed by atoms with van der Waals surface area (Å²) in [7, 11) is 1.56. The monoisotopic (exact) mass is 367 g/mol. The van der Waals surface area contributed by atoms with Gasteiger partial charge in [-0.1, -0.05) is 18.2 Å². The number of anilines is 1.